The second-order valence-electron chi connectivity index (χ2n) is 7.09. The van der Waals surface area contributed by atoms with Crippen molar-refractivity contribution < 1.29 is 19.8 Å². The van der Waals surface area contributed by atoms with Crippen LogP contribution in [0.25, 0.3) is 0 Å². The summed E-state index contributed by atoms with van der Waals surface area (Å²) in [6.07, 6.45) is 8.66. The topological polar surface area (TPSA) is 74.6 Å². The Morgan fingerprint density at radius 3 is 2.00 bits per heavy atom. The number of carbonyl (C=O) groups is 2. The molecule has 6 atom stereocenters. The standard InChI is InChI=1S/C16H24O4/c17-15(18)12-6-5-11-7-9-3-1-2-4-10(9)8-13(11)14(12)16(19)20/h9-14H,1-8H2,(H,17,18)(H,19,20). The van der Waals surface area contributed by atoms with Gasteiger partial charge in [0.05, 0.1) is 11.8 Å². The van der Waals surface area contributed by atoms with E-state index < -0.39 is 23.8 Å². The van der Waals surface area contributed by atoms with Crippen LogP contribution in [0.1, 0.15) is 51.4 Å². The third-order valence-corrected chi connectivity index (χ3v) is 6.20. The monoisotopic (exact) mass is 280 g/mol. The van der Waals surface area contributed by atoms with E-state index in [4.69, 9.17) is 0 Å². The highest BCUT2D eigenvalue weighted by molar-refractivity contribution is 5.80. The first-order chi connectivity index (χ1) is 9.58. The highest BCUT2D eigenvalue weighted by Crippen LogP contribution is 2.53. The van der Waals surface area contributed by atoms with Gasteiger partial charge in [0, 0.05) is 0 Å². The van der Waals surface area contributed by atoms with Gasteiger partial charge in [-0.3, -0.25) is 9.59 Å². The van der Waals surface area contributed by atoms with Crippen molar-refractivity contribution >= 4 is 11.9 Å². The highest BCUT2D eigenvalue weighted by atomic mass is 16.4. The zero-order chi connectivity index (χ0) is 14.3. The van der Waals surface area contributed by atoms with Gasteiger partial charge in [-0.2, -0.15) is 0 Å². The summed E-state index contributed by atoms with van der Waals surface area (Å²) >= 11 is 0. The largest absolute Gasteiger partial charge is 0.481 e. The van der Waals surface area contributed by atoms with Crippen LogP contribution >= 0.6 is 0 Å². The quantitative estimate of drug-likeness (QED) is 0.815. The Morgan fingerprint density at radius 1 is 0.750 bits per heavy atom. The number of rotatable bonds is 2. The molecule has 4 heteroatoms. The molecule has 3 saturated carbocycles. The Labute approximate surface area is 119 Å². The lowest BCUT2D eigenvalue weighted by Gasteiger charge is -2.49. The van der Waals surface area contributed by atoms with Crippen LogP contribution in [0.15, 0.2) is 0 Å². The van der Waals surface area contributed by atoms with Gasteiger partial charge >= 0.3 is 11.9 Å². The van der Waals surface area contributed by atoms with E-state index in [1.807, 2.05) is 0 Å². The number of carboxylic acid groups (broad SMARTS) is 2. The Morgan fingerprint density at radius 2 is 1.40 bits per heavy atom. The van der Waals surface area contributed by atoms with E-state index >= 15 is 0 Å². The Bertz CT molecular complexity index is 405. The predicted octanol–water partition coefficient (Wildman–Crippen LogP) is 3.01. The van der Waals surface area contributed by atoms with E-state index in [2.05, 4.69) is 0 Å². The second kappa shape index (κ2) is 5.38. The fourth-order valence-electron chi connectivity index (χ4n) is 5.29. The molecule has 3 aliphatic carbocycles. The smallest absolute Gasteiger partial charge is 0.307 e. The van der Waals surface area contributed by atoms with Gasteiger partial charge in [0.15, 0.2) is 0 Å². The van der Waals surface area contributed by atoms with Crippen LogP contribution in [0.4, 0.5) is 0 Å². The maximum absolute atomic E-state index is 11.6. The van der Waals surface area contributed by atoms with Crippen molar-refractivity contribution in [3.63, 3.8) is 0 Å². The SMILES string of the molecule is O=C(O)C1CCC2CC3CCCCC3CC2C1C(=O)O. The maximum Gasteiger partial charge on any atom is 0.307 e. The summed E-state index contributed by atoms with van der Waals surface area (Å²) in [5, 5.41) is 18.8. The zero-order valence-electron chi connectivity index (χ0n) is 11.8. The van der Waals surface area contributed by atoms with Crippen LogP contribution in [0.2, 0.25) is 0 Å². The summed E-state index contributed by atoms with van der Waals surface area (Å²) in [5.74, 6) is -1.15. The molecule has 3 aliphatic rings. The average molecular weight is 280 g/mol. The highest BCUT2D eigenvalue weighted by Gasteiger charge is 2.50. The first kappa shape index (κ1) is 13.9. The molecule has 0 bridgehead atoms. The average Bonchev–Trinajstić information content (AvgIpc) is 2.43. The molecule has 0 aromatic carbocycles. The molecule has 20 heavy (non-hydrogen) atoms. The van der Waals surface area contributed by atoms with Gasteiger partial charge in [-0.15, -0.1) is 0 Å². The number of carboxylic acids is 2. The molecular weight excluding hydrogens is 256 g/mol. The minimum atomic E-state index is -0.915. The molecule has 0 heterocycles. The fourth-order valence-corrected chi connectivity index (χ4v) is 5.29. The molecule has 0 aromatic rings. The molecule has 0 saturated heterocycles. The van der Waals surface area contributed by atoms with Crippen molar-refractivity contribution in [2.45, 2.75) is 51.4 Å². The Hall–Kier alpha value is -1.06. The maximum atomic E-state index is 11.6. The van der Waals surface area contributed by atoms with Crippen molar-refractivity contribution in [3.8, 4) is 0 Å². The van der Waals surface area contributed by atoms with Crippen molar-refractivity contribution in [2.75, 3.05) is 0 Å². The van der Waals surface area contributed by atoms with Crippen LogP contribution in [0.3, 0.4) is 0 Å². The van der Waals surface area contributed by atoms with Gasteiger partial charge in [0.2, 0.25) is 0 Å². The lowest BCUT2D eigenvalue weighted by atomic mass is 9.55. The Balaban J connectivity index is 1.81. The van der Waals surface area contributed by atoms with E-state index in [0.29, 0.717) is 18.3 Å². The first-order valence-corrected chi connectivity index (χ1v) is 8.03. The van der Waals surface area contributed by atoms with E-state index in [1.165, 1.54) is 25.7 Å². The molecule has 0 amide bonds. The van der Waals surface area contributed by atoms with Crippen molar-refractivity contribution in [1.29, 1.82) is 0 Å². The molecule has 2 N–H and O–H groups in total. The van der Waals surface area contributed by atoms with Gasteiger partial charge in [0.25, 0.3) is 0 Å². The third-order valence-electron chi connectivity index (χ3n) is 6.20. The normalized spacial score (nSPS) is 44.2. The van der Waals surface area contributed by atoms with Gasteiger partial charge in [0.1, 0.15) is 0 Å². The van der Waals surface area contributed by atoms with Gasteiger partial charge in [-0.05, 0) is 49.4 Å². The zero-order valence-corrected chi connectivity index (χ0v) is 11.8. The van der Waals surface area contributed by atoms with Crippen LogP contribution < -0.4 is 0 Å². The lowest BCUT2D eigenvalue weighted by molar-refractivity contribution is -0.163. The van der Waals surface area contributed by atoms with E-state index in [0.717, 1.165) is 25.2 Å². The summed E-state index contributed by atoms with van der Waals surface area (Å²) in [7, 11) is 0. The summed E-state index contributed by atoms with van der Waals surface area (Å²) in [6, 6.07) is 0. The minimum Gasteiger partial charge on any atom is -0.481 e. The molecule has 6 unspecified atom stereocenters. The third kappa shape index (κ3) is 2.33. The summed E-state index contributed by atoms with van der Waals surface area (Å²) < 4.78 is 0. The molecule has 0 radical (unpaired) electrons. The molecule has 4 nitrogen and oxygen atoms in total. The first-order valence-electron chi connectivity index (χ1n) is 8.03. The lowest BCUT2D eigenvalue weighted by Crippen LogP contribution is -2.47. The van der Waals surface area contributed by atoms with Gasteiger partial charge in [-0.1, -0.05) is 25.7 Å². The van der Waals surface area contributed by atoms with Crippen LogP contribution in [-0.2, 0) is 9.59 Å². The summed E-state index contributed by atoms with van der Waals surface area (Å²) in [5.41, 5.74) is 0. The number of hydrogen-bond acceptors (Lipinski definition) is 2. The number of fused-ring (bicyclic) bond motifs is 2. The van der Waals surface area contributed by atoms with Crippen molar-refractivity contribution in [2.24, 2.45) is 35.5 Å². The fraction of sp³-hybridized carbons (Fsp3) is 0.875. The van der Waals surface area contributed by atoms with E-state index in [9.17, 15) is 19.8 Å². The molecule has 0 spiro atoms. The number of hydrogen-bond donors (Lipinski definition) is 2. The minimum absolute atomic E-state index is 0.0988. The second-order valence-corrected chi connectivity index (χ2v) is 7.09. The molecule has 3 fully saturated rings. The van der Waals surface area contributed by atoms with Gasteiger partial charge < -0.3 is 10.2 Å². The summed E-state index contributed by atoms with van der Waals surface area (Å²) in [6.45, 7) is 0. The molecule has 3 rings (SSSR count). The number of aliphatic carboxylic acids is 2. The van der Waals surface area contributed by atoms with Crippen molar-refractivity contribution in [3.05, 3.63) is 0 Å². The van der Waals surface area contributed by atoms with Crippen molar-refractivity contribution in [1.82, 2.24) is 0 Å². The summed E-state index contributed by atoms with van der Waals surface area (Å²) in [4.78, 5) is 23.0. The molecule has 0 aromatic heterocycles. The van der Waals surface area contributed by atoms with E-state index in [-0.39, 0.29) is 5.92 Å². The molecular formula is C16H24O4. The van der Waals surface area contributed by atoms with Crippen LogP contribution in [-0.4, -0.2) is 22.2 Å². The predicted molar refractivity (Wildman–Crippen MR) is 73.1 cm³/mol. The van der Waals surface area contributed by atoms with E-state index in [1.54, 1.807) is 0 Å². The van der Waals surface area contributed by atoms with Gasteiger partial charge in [-0.25, -0.2) is 0 Å². The molecule has 0 aliphatic heterocycles. The van der Waals surface area contributed by atoms with Crippen LogP contribution in [0, 0.1) is 35.5 Å². The molecule has 112 valence electrons. The van der Waals surface area contributed by atoms with Crippen LogP contribution in [0.5, 0.6) is 0 Å². The Kier molecular flexibility index (Phi) is 3.74.